The van der Waals surface area contributed by atoms with Crippen molar-refractivity contribution in [2.24, 2.45) is 5.92 Å². The zero-order valence-corrected chi connectivity index (χ0v) is 12.5. The molecule has 0 aliphatic rings. The van der Waals surface area contributed by atoms with E-state index in [2.05, 4.69) is 19.2 Å². The Morgan fingerprint density at radius 1 is 1.11 bits per heavy atom. The SMILES string of the molecule is COc1cc(N)cc(NCCCCCCC(C)C)c1. The molecule has 0 aliphatic carbocycles. The molecular weight excluding hydrogens is 236 g/mol. The minimum absolute atomic E-state index is 0.735. The molecule has 0 fully saturated rings. The molecule has 19 heavy (non-hydrogen) atoms. The van der Waals surface area contributed by atoms with Crippen molar-refractivity contribution >= 4 is 11.4 Å². The van der Waals surface area contributed by atoms with Crippen LogP contribution < -0.4 is 15.8 Å². The van der Waals surface area contributed by atoms with Gasteiger partial charge < -0.3 is 15.8 Å². The van der Waals surface area contributed by atoms with Gasteiger partial charge >= 0.3 is 0 Å². The van der Waals surface area contributed by atoms with Crippen LogP contribution in [-0.4, -0.2) is 13.7 Å². The van der Waals surface area contributed by atoms with E-state index in [1.54, 1.807) is 7.11 Å². The number of nitrogen functional groups attached to an aromatic ring is 1. The monoisotopic (exact) mass is 264 g/mol. The molecule has 0 atom stereocenters. The number of methoxy groups -OCH3 is 1. The summed E-state index contributed by atoms with van der Waals surface area (Å²) in [7, 11) is 1.66. The topological polar surface area (TPSA) is 47.3 Å². The summed E-state index contributed by atoms with van der Waals surface area (Å²) in [6, 6.07) is 5.76. The van der Waals surface area contributed by atoms with Crippen LogP contribution in [0.1, 0.15) is 46.0 Å². The first-order valence-electron chi connectivity index (χ1n) is 7.30. The number of nitrogens with two attached hydrogens (primary N) is 1. The lowest BCUT2D eigenvalue weighted by molar-refractivity contribution is 0.415. The van der Waals surface area contributed by atoms with E-state index in [4.69, 9.17) is 10.5 Å². The molecule has 0 bridgehead atoms. The Morgan fingerprint density at radius 3 is 2.53 bits per heavy atom. The Kier molecular flexibility index (Phi) is 7.16. The Labute approximate surface area is 117 Å². The van der Waals surface area contributed by atoms with E-state index in [-0.39, 0.29) is 0 Å². The van der Waals surface area contributed by atoms with Crippen molar-refractivity contribution in [2.75, 3.05) is 24.7 Å². The van der Waals surface area contributed by atoms with Crippen LogP contribution in [0.25, 0.3) is 0 Å². The zero-order chi connectivity index (χ0) is 14.1. The highest BCUT2D eigenvalue weighted by Gasteiger charge is 1.99. The fraction of sp³-hybridized carbons (Fsp3) is 0.625. The standard InChI is InChI=1S/C16H28N2O/c1-13(2)8-6-4-5-7-9-18-15-10-14(17)11-16(12-15)19-3/h10-13,18H,4-9,17H2,1-3H3. The van der Waals surface area contributed by atoms with Crippen LogP contribution in [0, 0.1) is 5.92 Å². The van der Waals surface area contributed by atoms with Crippen LogP contribution in [0.15, 0.2) is 18.2 Å². The van der Waals surface area contributed by atoms with Crippen LogP contribution in [0.2, 0.25) is 0 Å². The van der Waals surface area contributed by atoms with Crippen molar-refractivity contribution in [2.45, 2.75) is 46.0 Å². The highest BCUT2D eigenvalue weighted by Crippen LogP contribution is 2.22. The van der Waals surface area contributed by atoms with E-state index in [1.807, 2.05) is 18.2 Å². The Morgan fingerprint density at radius 2 is 1.84 bits per heavy atom. The van der Waals surface area contributed by atoms with E-state index < -0.39 is 0 Å². The normalized spacial score (nSPS) is 10.7. The minimum Gasteiger partial charge on any atom is -0.497 e. The van der Waals surface area contributed by atoms with Crippen molar-refractivity contribution < 1.29 is 4.74 Å². The van der Waals surface area contributed by atoms with Gasteiger partial charge in [-0.2, -0.15) is 0 Å². The van der Waals surface area contributed by atoms with Gasteiger partial charge in [-0.05, 0) is 18.4 Å². The van der Waals surface area contributed by atoms with Gasteiger partial charge in [0.1, 0.15) is 5.75 Å². The number of hydrogen-bond donors (Lipinski definition) is 2. The molecule has 0 heterocycles. The van der Waals surface area contributed by atoms with Crippen LogP contribution in [0.4, 0.5) is 11.4 Å². The largest absolute Gasteiger partial charge is 0.497 e. The van der Waals surface area contributed by atoms with E-state index >= 15 is 0 Å². The molecule has 108 valence electrons. The summed E-state index contributed by atoms with van der Waals surface area (Å²) >= 11 is 0. The number of ether oxygens (including phenoxy) is 1. The van der Waals surface area contributed by atoms with Gasteiger partial charge in [0, 0.05) is 30.1 Å². The van der Waals surface area contributed by atoms with E-state index in [1.165, 1.54) is 32.1 Å². The van der Waals surface area contributed by atoms with Crippen LogP contribution >= 0.6 is 0 Å². The summed E-state index contributed by atoms with van der Waals surface area (Å²) < 4.78 is 5.20. The molecule has 3 heteroatoms. The Balaban J connectivity index is 2.17. The molecule has 0 spiro atoms. The molecule has 0 amide bonds. The number of benzene rings is 1. The van der Waals surface area contributed by atoms with Gasteiger partial charge in [-0.15, -0.1) is 0 Å². The number of hydrogen-bond acceptors (Lipinski definition) is 3. The molecule has 1 aromatic rings. The van der Waals surface area contributed by atoms with E-state index in [0.717, 1.165) is 29.6 Å². The lowest BCUT2D eigenvalue weighted by Crippen LogP contribution is -2.02. The summed E-state index contributed by atoms with van der Waals surface area (Å²) in [6.07, 6.45) is 6.53. The summed E-state index contributed by atoms with van der Waals surface area (Å²) in [5, 5.41) is 3.40. The molecule has 1 rings (SSSR count). The maximum atomic E-state index is 5.81. The first-order chi connectivity index (χ1) is 9.11. The average Bonchev–Trinajstić information content (AvgIpc) is 2.36. The molecule has 0 aromatic heterocycles. The fourth-order valence-corrected chi connectivity index (χ4v) is 2.11. The van der Waals surface area contributed by atoms with E-state index in [0.29, 0.717) is 0 Å². The molecule has 0 radical (unpaired) electrons. The molecule has 0 aliphatic heterocycles. The highest BCUT2D eigenvalue weighted by atomic mass is 16.5. The van der Waals surface area contributed by atoms with Gasteiger partial charge in [0.05, 0.1) is 7.11 Å². The van der Waals surface area contributed by atoms with Gasteiger partial charge in [-0.25, -0.2) is 0 Å². The molecule has 0 saturated heterocycles. The first kappa shape index (κ1) is 15.7. The number of nitrogens with one attached hydrogen (secondary N) is 1. The van der Waals surface area contributed by atoms with Gasteiger partial charge in [-0.1, -0.05) is 39.5 Å². The maximum absolute atomic E-state index is 5.81. The lowest BCUT2D eigenvalue weighted by Gasteiger charge is -2.09. The molecule has 3 N–H and O–H groups in total. The van der Waals surface area contributed by atoms with E-state index in [9.17, 15) is 0 Å². The van der Waals surface area contributed by atoms with Crippen LogP contribution in [0.3, 0.4) is 0 Å². The zero-order valence-electron chi connectivity index (χ0n) is 12.5. The first-order valence-corrected chi connectivity index (χ1v) is 7.30. The Bertz CT molecular complexity index is 364. The predicted molar refractivity (Wildman–Crippen MR) is 83.8 cm³/mol. The van der Waals surface area contributed by atoms with Gasteiger partial charge in [0.2, 0.25) is 0 Å². The second-order valence-corrected chi connectivity index (χ2v) is 5.52. The molecular formula is C16H28N2O. The van der Waals surface area contributed by atoms with Crippen molar-refractivity contribution in [3.05, 3.63) is 18.2 Å². The predicted octanol–water partition coefficient (Wildman–Crippen LogP) is 4.30. The number of unbranched alkanes of at least 4 members (excludes halogenated alkanes) is 3. The van der Waals surface area contributed by atoms with Crippen molar-refractivity contribution in [3.8, 4) is 5.75 Å². The number of anilines is 2. The summed E-state index contributed by atoms with van der Waals surface area (Å²) in [6.45, 7) is 5.57. The van der Waals surface area contributed by atoms with Crippen molar-refractivity contribution in [1.29, 1.82) is 0 Å². The second-order valence-electron chi connectivity index (χ2n) is 5.52. The maximum Gasteiger partial charge on any atom is 0.122 e. The fourth-order valence-electron chi connectivity index (χ4n) is 2.11. The number of rotatable bonds is 9. The van der Waals surface area contributed by atoms with Crippen LogP contribution in [0.5, 0.6) is 5.75 Å². The van der Waals surface area contributed by atoms with Gasteiger partial charge in [-0.3, -0.25) is 0 Å². The quantitative estimate of drug-likeness (QED) is 0.516. The van der Waals surface area contributed by atoms with Crippen molar-refractivity contribution in [3.63, 3.8) is 0 Å². The smallest absolute Gasteiger partial charge is 0.122 e. The molecule has 1 aromatic carbocycles. The Hall–Kier alpha value is -1.38. The summed E-state index contributed by atoms with van der Waals surface area (Å²) in [5.41, 5.74) is 7.59. The van der Waals surface area contributed by atoms with Gasteiger partial charge in [0.25, 0.3) is 0 Å². The third-order valence-corrected chi connectivity index (χ3v) is 3.20. The average molecular weight is 264 g/mol. The third kappa shape index (κ3) is 6.94. The molecule has 0 unspecified atom stereocenters. The third-order valence-electron chi connectivity index (χ3n) is 3.20. The second kappa shape index (κ2) is 8.68. The van der Waals surface area contributed by atoms with Crippen molar-refractivity contribution in [1.82, 2.24) is 0 Å². The van der Waals surface area contributed by atoms with Gasteiger partial charge in [0.15, 0.2) is 0 Å². The molecule has 0 saturated carbocycles. The van der Waals surface area contributed by atoms with Crippen LogP contribution in [-0.2, 0) is 0 Å². The molecule has 3 nitrogen and oxygen atoms in total. The lowest BCUT2D eigenvalue weighted by atomic mass is 10.0. The summed E-state index contributed by atoms with van der Waals surface area (Å²) in [5.74, 6) is 1.64. The minimum atomic E-state index is 0.735. The summed E-state index contributed by atoms with van der Waals surface area (Å²) in [4.78, 5) is 0. The highest BCUT2D eigenvalue weighted by molar-refractivity contribution is 5.59.